The molecule has 1 aliphatic rings. The second-order valence-corrected chi connectivity index (χ2v) is 5.80. The SMILES string of the molecule is CCCCC(C)CCC1(C)CCCC1. The predicted molar refractivity (Wildman–Crippen MR) is 64.5 cm³/mol. The summed E-state index contributed by atoms with van der Waals surface area (Å²) in [5.74, 6) is 0.965. The van der Waals surface area contributed by atoms with Gasteiger partial charge in [-0.05, 0) is 30.6 Å². The molecule has 0 bridgehead atoms. The number of hydrogen-bond donors (Lipinski definition) is 0. The highest BCUT2D eigenvalue weighted by Crippen LogP contribution is 2.42. The summed E-state index contributed by atoms with van der Waals surface area (Å²) in [5.41, 5.74) is 0.723. The van der Waals surface area contributed by atoms with Crippen LogP contribution in [0.1, 0.15) is 78.6 Å². The highest BCUT2D eigenvalue weighted by molar-refractivity contribution is 4.80. The zero-order valence-electron chi connectivity index (χ0n) is 10.4. The Bertz CT molecular complexity index is 142. The Morgan fingerprint density at radius 1 is 1.14 bits per heavy atom. The maximum atomic E-state index is 2.51. The van der Waals surface area contributed by atoms with Crippen molar-refractivity contribution in [2.45, 2.75) is 78.6 Å². The van der Waals surface area contributed by atoms with Gasteiger partial charge in [0.05, 0.1) is 0 Å². The molecular formula is C14H28. The van der Waals surface area contributed by atoms with Crippen LogP contribution in [0, 0.1) is 11.3 Å². The summed E-state index contributed by atoms with van der Waals surface area (Å²) in [4.78, 5) is 0. The van der Waals surface area contributed by atoms with E-state index in [0.29, 0.717) is 0 Å². The van der Waals surface area contributed by atoms with Gasteiger partial charge in [0.1, 0.15) is 0 Å². The van der Waals surface area contributed by atoms with Crippen LogP contribution in [-0.4, -0.2) is 0 Å². The Kier molecular flexibility index (Phi) is 4.98. The van der Waals surface area contributed by atoms with Gasteiger partial charge < -0.3 is 0 Å². The number of hydrogen-bond acceptors (Lipinski definition) is 0. The molecule has 0 spiro atoms. The Labute approximate surface area is 90.5 Å². The van der Waals surface area contributed by atoms with Gasteiger partial charge in [0.2, 0.25) is 0 Å². The molecule has 1 unspecified atom stereocenters. The summed E-state index contributed by atoms with van der Waals surface area (Å²) < 4.78 is 0. The molecule has 0 radical (unpaired) electrons. The van der Waals surface area contributed by atoms with Crippen molar-refractivity contribution in [3.8, 4) is 0 Å². The molecule has 1 aliphatic carbocycles. The van der Waals surface area contributed by atoms with Crippen molar-refractivity contribution in [2.75, 3.05) is 0 Å². The number of unbranched alkanes of at least 4 members (excludes halogenated alkanes) is 1. The molecule has 1 rings (SSSR count). The van der Waals surface area contributed by atoms with Crippen LogP contribution >= 0.6 is 0 Å². The Morgan fingerprint density at radius 2 is 1.79 bits per heavy atom. The molecule has 0 aromatic heterocycles. The van der Waals surface area contributed by atoms with E-state index in [4.69, 9.17) is 0 Å². The highest BCUT2D eigenvalue weighted by Gasteiger charge is 2.28. The monoisotopic (exact) mass is 196 g/mol. The average molecular weight is 196 g/mol. The molecule has 0 amide bonds. The van der Waals surface area contributed by atoms with E-state index < -0.39 is 0 Å². The zero-order chi connectivity index (χ0) is 10.4. The second-order valence-electron chi connectivity index (χ2n) is 5.80. The first-order valence-corrected chi connectivity index (χ1v) is 6.66. The predicted octanol–water partition coefficient (Wildman–Crippen LogP) is 5.17. The van der Waals surface area contributed by atoms with E-state index in [1.807, 2.05) is 0 Å². The molecule has 0 aromatic rings. The Morgan fingerprint density at radius 3 is 2.36 bits per heavy atom. The molecule has 0 heterocycles. The molecule has 0 saturated heterocycles. The lowest BCUT2D eigenvalue weighted by atomic mass is 9.81. The van der Waals surface area contributed by atoms with Gasteiger partial charge in [0.25, 0.3) is 0 Å². The first-order valence-electron chi connectivity index (χ1n) is 6.66. The van der Waals surface area contributed by atoms with Crippen molar-refractivity contribution >= 4 is 0 Å². The normalized spacial score (nSPS) is 22.5. The molecule has 0 nitrogen and oxygen atoms in total. The van der Waals surface area contributed by atoms with E-state index in [1.165, 1.54) is 57.8 Å². The van der Waals surface area contributed by atoms with Crippen LogP contribution in [0.5, 0.6) is 0 Å². The van der Waals surface area contributed by atoms with Gasteiger partial charge in [-0.1, -0.05) is 59.3 Å². The van der Waals surface area contributed by atoms with Crippen LogP contribution in [0.3, 0.4) is 0 Å². The lowest BCUT2D eigenvalue weighted by Gasteiger charge is -2.25. The van der Waals surface area contributed by atoms with Crippen LogP contribution < -0.4 is 0 Å². The fourth-order valence-electron chi connectivity index (χ4n) is 2.77. The van der Waals surface area contributed by atoms with Crippen LogP contribution in [0.2, 0.25) is 0 Å². The third-order valence-corrected chi connectivity index (χ3v) is 4.10. The largest absolute Gasteiger partial charge is 0.0654 e. The summed E-state index contributed by atoms with van der Waals surface area (Å²) >= 11 is 0. The van der Waals surface area contributed by atoms with Crippen molar-refractivity contribution in [1.82, 2.24) is 0 Å². The zero-order valence-corrected chi connectivity index (χ0v) is 10.4. The Balaban J connectivity index is 2.12. The molecule has 0 N–H and O–H groups in total. The fraction of sp³-hybridized carbons (Fsp3) is 1.00. The molecule has 1 fully saturated rings. The van der Waals surface area contributed by atoms with E-state index in [-0.39, 0.29) is 0 Å². The smallest absolute Gasteiger partial charge is 0.0326 e. The van der Waals surface area contributed by atoms with Crippen LogP contribution in [-0.2, 0) is 0 Å². The van der Waals surface area contributed by atoms with Gasteiger partial charge in [0, 0.05) is 0 Å². The van der Waals surface area contributed by atoms with Crippen LogP contribution in [0.25, 0.3) is 0 Å². The standard InChI is InChI=1S/C14H28/c1-4-5-8-13(2)9-12-14(3)10-6-7-11-14/h13H,4-12H2,1-3H3. The minimum absolute atomic E-state index is 0.723. The van der Waals surface area contributed by atoms with Gasteiger partial charge in [-0.25, -0.2) is 0 Å². The van der Waals surface area contributed by atoms with Gasteiger partial charge in [-0.2, -0.15) is 0 Å². The lowest BCUT2D eigenvalue weighted by Crippen LogP contribution is -2.12. The summed E-state index contributed by atoms with van der Waals surface area (Å²) in [6, 6.07) is 0. The van der Waals surface area contributed by atoms with Crippen molar-refractivity contribution in [1.29, 1.82) is 0 Å². The van der Waals surface area contributed by atoms with Crippen LogP contribution in [0.4, 0.5) is 0 Å². The summed E-state index contributed by atoms with van der Waals surface area (Å²) in [7, 11) is 0. The van der Waals surface area contributed by atoms with Gasteiger partial charge >= 0.3 is 0 Å². The second kappa shape index (κ2) is 5.78. The highest BCUT2D eigenvalue weighted by atomic mass is 14.3. The third-order valence-electron chi connectivity index (χ3n) is 4.10. The topological polar surface area (TPSA) is 0 Å². The molecule has 0 aliphatic heterocycles. The van der Waals surface area contributed by atoms with Crippen LogP contribution in [0.15, 0.2) is 0 Å². The summed E-state index contributed by atoms with van der Waals surface area (Å²) in [5, 5.41) is 0. The van der Waals surface area contributed by atoms with E-state index in [0.717, 1.165) is 11.3 Å². The van der Waals surface area contributed by atoms with Gasteiger partial charge in [-0.3, -0.25) is 0 Å². The van der Waals surface area contributed by atoms with E-state index >= 15 is 0 Å². The summed E-state index contributed by atoms with van der Waals surface area (Å²) in [6.07, 6.45) is 13.2. The Hall–Kier alpha value is 0. The summed E-state index contributed by atoms with van der Waals surface area (Å²) in [6.45, 7) is 7.24. The first kappa shape index (κ1) is 12.1. The van der Waals surface area contributed by atoms with Crippen molar-refractivity contribution < 1.29 is 0 Å². The fourth-order valence-corrected chi connectivity index (χ4v) is 2.77. The molecule has 14 heavy (non-hydrogen) atoms. The van der Waals surface area contributed by atoms with Crippen molar-refractivity contribution in [2.24, 2.45) is 11.3 Å². The van der Waals surface area contributed by atoms with E-state index in [1.54, 1.807) is 0 Å². The molecule has 1 atom stereocenters. The molecular weight excluding hydrogens is 168 g/mol. The minimum Gasteiger partial charge on any atom is -0.0654 e. The van der Waals surface area contributed by atoms with Crippen molar-refractivity contribution in [3.63, 3.8) is 0 Å². The van der Waals surface area contributed by atoms with Gasteiger partial charge in [0.15, 0.2) is 0 Å². The minimum atomic E-state index is 0.723. The quantitative estimate of drug-likeness (QED) is 0.549. The number of rotatable bonds is 6. The van der Waals surface area contributed by atoms with Gasteiger partial charge in [-0.15, -0.1) is 0 Å². The molecule has 84 valence electrons. The van der Waals surface area contributed by atoms with Crippen molar-refractivity contribution in [3.05, 3.63) is 0 Å². The maximum absolute atomic E-state index is 2.51. The van der Waals surface area contributed by atoms with E-state index in [2.05, 4.69) is 20.8 Å². The van der Waals surface area contributed by atoms with E-state index in [9.17, 15) is 0 Å². The average Bonchev–Trinajstić information content (AvgIpc) is 2.60. The molecule has 0 heteroatoms. The third kappa shape index (κ3) is 4.02. The molecule has 0 aromatic carbocycles. The maximum Gasteiger partial charge on any atom is -0.0326 e. The lowest BCUT2D eigenvalue weighted by molar-refractivity contribution is 0.271. The molecule has 1 saturated carbocycles. The first-order chi connectivity index (χ1) is 6.66.